The van der Waals surface area contributed by atoms with Crippen LogP contribution < -0.4 is 11.5 Å². The molecule has 1 aromatic heterocycles. The second-order valence-corrected chi connectivity index (χ2v) is 9.76. The minimum Gasteiger partial charge on any atom is -0.370 e. The highest BCUT2D eigenvalue weighted by Gasteiger charge is 2.15. The lowest BCUT2D eigenvalue weighted by molar-refractivity contribution is 0.590. The predicted octanol–water partition coefficient (Wildman–Crippen LogP) is 6.26. The number of guanidine groups is 1. The quantitative estimate of drug-likeness (QED) is 0.293. The van der Waals surface area contributed by atoms with E-state index in [0.717, 1.165) is 27.7 Å². The first kappa shape index (κ1) is 22.5. The highest BCUT2D eigenvalue weighted by molar-refractivity contribution is 5.90. The number of fused-ring (bicyclic) bond motifs is 1. The summed E-state index contributed by atoms with van der Waals surface area (Å²) in [5.41, 5.74) is 20.4. The van der Waals surface area contributed by atoms with Crippen LogP contribution in [-0.4, -0.2) is 10.9 Å². The summed E-state index contributed by atoms with van der Waals surface area (Å²) in [5.74, 6) is 0.0694. The maximum absolute atomic E-state index is 5.61. The topological polar surface area (TPSA) is 77.3 Å². The van der Waals surface area contributed by atoms with Crippen molar-refractivity contribution in [2.24, 2.45) is 16.5 Å². The molecule has 0 radical (unpaired) electrons. The third-order valence-corrected chi connectivity index (χ3v) is 6.16. The van der Waals surface area contributed by atoms with E-state index in [2.05, 4.69) is 106 Å². The zero-order chi connectivity index (χ0) is 23.8. The lowest BCUT2D eigenvalue weighted by Gasteiger charge is -2.20. The van der Waals surface area contributed by atoms with E-state index in [0.29, 0.717) is 6.54 Å². The molecule has 0 aliphatic carbocycles. The molecule has 3 aromatic carbocycles. The van der Waals surface area contributed by atoms with Crippen molar-refractivity contribution in [3.63, 3.8) is 0 Å². The largest absolute Gasteiger partial charge is 0.370 e. The van der Waals surface area contributed by atoms with Gasteiger partial charge in [-0.2, -0.15) is 0 Å². The van der Waals surface area contributed by atoms with Crippen LogP contribution in [0.5, 0.6) is 0 Å². The normalized spacial score (nSPS) is 11.5. The Labute approximate surface area is 196 Å². The maximum atomic E-state index is 5.61. The van der Waals surface area contributed by atoms with Crippen LogP contribution in [0, 0.1) is 13.8 Å². The molecule has 0 amide bonds. The van der Waals surface area contributed by atoms with Gasteiger partial charge in [0.05, 0.1) is 17.9 Å². The van der Waals surface area contributed by atoms with E-state index < -0.39 is 0 Å². The highest BCUT2D eigenvalue weighted by Crippen LogP contribution is 2.32. The van der Waals surface area contributed by atoms with Crippen molar-refractivity contribution in [3.8, 4) is 22.4 Å². The third kappa shape index (κ3) is 4.90. The van der Waals surface area contributed by atoms with Gasteiger partial charge in [0.2, 0.25) is 0 Å². The van der Waals surface area contributed by atoms with Crippen LogP contribution >= 0.6 is 0 Å². The fourth-order valence-corrected chi connectivity index (χ4v) is 4.05. The molecule has 1 heterocycles. The summed E-state index contributed by atoms with van der Waals surface area (Å²) in [6, 6.07) is 23.9. The van der Waals surface area contributed by atoms with Crippen LogP contribution in [0.25, 0.3) is 33.2 Å². The standard InChI is InChI=1S/C29H32N4/c1-18-12-23-16-26(33-27(17-32-28(30)31)25(23)13-19(18)2)22-10-6-8-20(14-22)21-9-7-11-24(15-21)29(3,4)5/h6-16H,17H2,1-5H3,(H4,30,31,32). The van der Waals surface area contributed by atoms with Crippen molar-refractivity contribution in [3.05, 3.63) is 89.1 Å². The van der Waals surface area contributed by atoms with Gasteiger partial charge in [-0.1, -0.05) is 69.3 Å². The molecule has 0 aliphatic heterocycles. The first-order chi connectivity index (χ1) is 15.6. The number of nitrogens with two attached hydrogens (primary N) is 2. The van der Waals surface area contributed by atoms with Crippen molar-refractivity contribution in [2.75, 3.05) is 0 Å². The van der Waals surface area contributed by atoms with Crippen molar-refractivity contribution < 1.29 is 0 Å². The first-order valence-electron chi connectivity index (χ1n) is 11.3. The molecular formula is C29H32N4. The molecule has 4 heteroatoms. The van der Waals surface area contributed by atoms with Crippen LogP contribution in [0.3, 0.4) is 0 Å². The Bertz CT molecular complexity index is 1360. The van der Waals surface area contributed by atoms with Crippen molar-refractivity contribution in [2.45, 2.75) is 46.6 Å². The Morgan fingerprint density at radius 3 is 2.15 bits per heavy atom. The van der Waals surface area contributed by atoms with E-state index >= 15 is 0 Å². The van der Waals surface area contributed by atoms with Gasteiger partial charge in [0.25, 0.3) is 0 Å². The van der Waals surface area contributed by atoms with E-state index in [1.54, 1.807) is 0 Å². The number of rotatable bonds is 4. The molecule has 0 saturated carbocycles. The number of benzene rings is 3. The molecular weight excluding hydrogens is 404 g/mol. The molecule has 0 saturated heterocycles. The average molecular weight is 437 g/mol. The van der Waals surface area contributed by atoms with E-state index in [-0.39, 0.29) is 11.4 Å². The summed E-state index contributed by atoms with van der Waals surface area (Å²) >= 11 is 0. The second kappa shape index (κ2) is 8.70. The van der Waals surface area contributed by atoms with E-state index in [1.165, 1.54) is 27.8 Å². The molecule has 4 nitrogen and oxygen atoms in total. The molecule has 0 bridgehead atoms. The minimum absolute atomic E-state index is 0.0694. The summed E-state index contributed by atoms with van der Waals surface area (Å²) in [6.45, 7) is 11.3. The molecule has 0 spiro atoms. The van der Waals surface area contributed by atoms with Gasteiger partial charge in [0, 0.05) is 10.9 Å². The Morgan fingerprint density at radius 2 is 1.45 bits per heavy atom. The second-order valence-electron chi connectivity index (χ2n) is 9.76. The van der Waals surface area contributed by atoms with Gasteiger partial charge >= 0.3 is 0 Å². The fourth-order valence-electron chi connectivity index (χ4n) is 4.05. The van der Waals surface area contributed by atoms with Crippen LogP contribution in [0.4, 0.5) is 0 Å². The Balaban J connectivity index is 1.84. The third-order valence-electron chi connectivity index (χ3n) is 6.16. The summed E-state index contributed by atoms with van der Waals surface area (Å²) in [5, 5.41) is 2.23. The Morgan fingerprint density at radius 1 is 0.818 bits per heavy atom. The lowest BCUT2D eigenvalue weighted by Crippen LogP contribution is -2.22. The molecule has 4 aromatic rings. The first-order valence-corrected chi connectivity index (χ1v) is 11.3. The van der Waals surface area contributed by atoms with Crippen molar-refractivity contribution >= 4 is 16.7 Å². The van der Waals surface area contributed by atoms with E-state index in [1.807, 2.05) is 0 Å². The number of aliphatic imine (C=N–C) groups is 1. The maximum Gasteiger partial charge on any atom is 0.186 e. The van der Waals surface area contributed by atoms with Crippen molar-refractivity contribution in [1.29, 1.82) is 0 Å². The number of nitrogens with zero attached hydrogens (tertiary/aromatic N) is 2. The molecule has 0 atom stereocenters. The number of aryl methyl sites for hydroxylation is 2. The predicted molar refractivity (Wildman–Crippen MR) is 140 cm³/mol. The van der Waals surface area contributed by atoms with Crippen LogP contribution in [0.1, 0.15) is 43.2 Å². The van der Waals surface area contributed by atoms with Gasteiger partial charge in [-0.15, -0.1) is 0 Å². The molecule has 33 heavy (non-hydrogen) atoms. The van der Waals surface area contributed by atoms with Crippen LogP contribution in [-0.2, 0) is 12.0 Å². The molecule has 168 valence electrons. The smallest absolute Gasteiger partial charge is 0.186 e. The zero-order valence-electron chi connectivity index (χ0n) is 20.1. The van der Waals surface area contributed by atoms with Gasteiger partial charge in [-0.05, 0) is 70.7 Å². The molecule has 4 N–H and O–H groups in total. The van der Waals surface area contributed by atoms with E-state index in [9.17, 15) is 0 Å². The Hall–Kier alpha value is -3.66. The molecule has 0 fully saturated rings. The van der Waals surface area contributed by atoms with E-state index in [4.69, 9.17) is 16.5 Å². The van der Waals surface area contributed by atoms with Gasteiger partial charge < -0.3 is 11.5 Å². The summed E-state index contributed by atoms with van der Waals surface area (Å²) in [4.78, 5) is 9.23. The van der Waals surface area contributed by atoms with Crippen LogP contribution in [0.2, 0.25) is 0 Å². The van der Waals surface area contributed by atoms with Crippen molar-refractivity contribution in [1.82, 2.24) is 4.98 Å². The highest BCUT2D eigenvalue weighted by atomic mass is 15.0. The monoisotopic (exact) mass is 436 g/mol. The van der Waals surface area contributed by atoms with Gasteiger partial charge in [-0.25, -0.2) is 4.99 Å². The summed E-state index contributed by atoms with van der Waals surface area (Å²) in [6.07, 6.45) is 0. The van der Waals surface area contributed by atoms with Gasteiger partial charge in [-0.3, -0.25) is 4.98 Å². The van der Waals surface area contributed by atoms with Gasteiger partial charge in [0.15, 0.2) is 5.96 Å². The SMILES string of the molecule is Cc1cc2cc(-c3cccc(-c4cccc(C(C)(C)C)c4)c3)nc(CN=C(N)N)c2cc1C. The molecule has 4 rings (SSSR count). The average Bonchev–Trinajstić information content (AvgIpc) is 2.78. The number of aromatic nitrogens is 1. The molecule has 0 aliphatic rings. The zero-order valence-corrected chi connectivity index (χ0v) is 20.1. The number of hydrogen-bond acceptors (Lipinski definition) is 2. The summed E-state index contributed by atoms with van der Waals surface area (Å²) in [7, 11) is 0. The lowest BCUT2D eigenvalue weighted by atomic mass is 9.85. The minimum atomic E-state index is 0.0694. The fraction of sp³-hybridized carbons (Fsp3) is 0.241. The number of hydrogen-bond donors (Lipinski definition) is 2. The number of pyridine rings is 1. The van der Waals surface area contributed by atoms with Gasteiger partial charge in [0.1, 0.15) is 0 Å². The Kier molecular flexibility index (Phi) is 5.94. The summed E-state index contributed by atoms with van der Waals surface area (Å²) < 4.78 is 0. The van der Waals surface area contributed by atoms with Crippen LogP contribution in [0.15, 0.2) is 71.7 Å². The molecule has 0 unspecified atom stereocenters.